The Hall–Kier alpha value is -1.65. The van der Waals surface area contributed by atoms with Crippen LogP contribution in [0.1, 0.15) is 13.8 Å². The highest BCUT2D eigenvalue weighted by atomic mass is 16.4. The van der Waals surface area contributed by atoms with Crippen molar-refractivity contribution >= 4 is 17.7 Å². The van der Waals surface area contributed by atoms with Crippen LogP contribution in [0.15, 0.2) is 12.7 Å². The van der Waals surface area contributed by atoms with Gasteiger partial charge >= 0.3 is 11.9 Å². The second kappa shape index (κ2) is 4.04. The molecular formula is C9H12O5. The first-order chi connectivity index (χ1) is 6.25. The summed E-state index contributed by atoms with van der Waals surface area (Å²) in [5.74, 6) is -5.19. The van der Waals surface area contributed by atoms with Gasteiger partial charge in [-0.1, -0.05) is 6.58 Å². The minimum Gasteiger partial charge on any atom is -0.481 e. The molecule has 14 heavy (non-hydrogen) atoms. The maximum atomic E-state index is 11.1. The molecule has 2 N–H and O–H groups in total. The molecule has 0 radical (unpaired) electrons. The SMILES string of the molecule is C=CC(=O)C(C(=O)O)C(C)(C)C(=O)O. The molecule has 0 fully saturated rings. The fourth-order valence-electron chi connectivity index (χ4n) is 1.03. The van der Waals surface area contributed by atoms with E-state index in [1.165, 1.54) is 13.8 Å². The van der Waals surface area contributed by atoms with E-state index in [0.717, 1.165) is 6.08 Å². The maximum Gasteiger partial charge on any atom is 0.315 e. The van der Waals surface area contributed by atoms with Gasteiger partial charge in [-0.3, -0.25) is 14.4 Å². The molecule has 0 bridgehead atoms. The zero-order valence-electron chi connectivity index (χ0n) is 7.98. The first-order valence-corrected chi connectivity index (χ1v) is 3.87. The van der Waals surface area contributed by atoms with Gasteiger partial charge in [0.05, 0.1) is 5.41 Å². The molecule has 0 aromatic rings. The van der Waals surface area contributed by atoms with Crippen LogP contribution in [0.2, 0.25) is 0 Å². The zero-order valence-corrected chi connectivity index (χ0v) is 7.98. The Balaban J connectivity index is 5.21. The summed E-state index contributed by atoms with van der Waals surface area (Å²) in [6, 6.07) is 0. The van der Waals surface area contributed by atoms with Gasteiger partial charge in [0.2, 0.25) is 0 Å². The van der Waals surface area contributed by atoms with Gasteiger partial charge in [-0.25, -0.2) is 0 Å². The molecule has 78 valence electrons. The normalized spacial score (nSPS) is 13.0. The Morgan fingerprint density at radius 3 is 1.93 bits per heavy atom. The van der Waals surface area contributed by atoms with Crippen molar-refractivity contribution in [3.05, 3.63) is 12.7 Å². The monoisotopic (exact) mass is 200 g/mol. The van der Waals surface area contributed by atoms with Crippen molar-refractivity contribution in [2.75, 3.05) is 0 Å². The third-order valence-corrected chi connectivity index (χ3v) is 2.01. The van der Waals surface area contributed by atoms with E-state index in [1.807, 2.05) is 0 Å². The highest BCUT2D eigenvalue weighted by Crippen LogP contribution is 2.28. The molecule has 0 aliphatic heterocycles. The van der Waals surface area contributed by atoms with E-state index in [0.29, 0.717) is 0 Å². The number of aliphatic carboxylic acids is 2. The van der Waals surface area contributed by atoms with Crippen molar-refractivity contribution in [1.82, 2.24) is 0 Å². The smallest absolute Gasteiger partial charge is 0.315 e. The molecule has 0 amide bonds. The third-order valence-electron chi connectivity index (χ3n) is 2.01. The Morgan fingerprint density at radius 2 is 1.71 bits per heavy atom. The standard InChI is InChI=1S/C9H12O5/c1-4-5(10)6(7(11)12)9(2,3)8(13)14/h4,6H,1H2,2-3H3,(H,11,12)(H,13,14). The molecule has 0 aliphatic rings. The molecule has 0 heterocycles. The molecule has 0 rings (SSSR count). The van der Waals surface area contributed by atoms with Gasteiger partial charge in [-0.15, -0.1) is 0 Å². The van der Waals surface area contributed by atoms with Crippen LogP contribution in [0.3, 0.4) is 0 Å². The quantitative estimate of drug-likeness (QED) is 0.499. The first-order valence-electron chi connectivity index (χ1n) is 3.87. The van der Waals surface area contributed by atoms with E-state index < -0.39 is 29.1 Å². The van der Waals surface area contributed by atoms with E-state index in [-0.39, 0.29) is 0 Å². The van der Waals surface area contributed by atoms with Gasteiger partial charge in [-0.05, 0) is 19.9 Å². The highest BCUT2D eigenvalue weighted by molar-refractivity contribution is 6.07. The molecule has 5 heteroatoms. The Labute approximate surface area is 81.0 Å². The van der Waals surface area contributed by atoms with Gasteiger partial charge in [0.1, 0.15) is 5.92 Å². The second-order valence-corrected chi connectivity index (χ2v) is 3.40. The first kappa shape index (κ1) is 12.3. The lowest BCUT2D eigenvalue weighted by Crippen LogP contribution is -2.42. The van der Waals surface area contributed by atoms with Crippen LogP contribution in [0, 0.1) is 11.3 Å². The van der Waals surface area contributed by atoms with Crippen LogP contribution in [-0.4, -0.2) is 27.9 Å². The van der Waals surface area contributed by atoms with Crippen molar-refractivity contribution < 1.29 is 24.6 Å². The fourth-order valence-corrected chi connectivity index (χ4v) is 1.03. The number of ketones is 1. The van der Waals surface area contributed by atoms with E-state index in [2.05, 4.69) is 6.58 Å². The highest BCUT2D eigenvalue weighted by Gasteiger charge is 2.45. The lowest BCUT2D eigenvalue weighted by atomic mass is 9.76. The summed E-state index contributed by atoms with van der Waals surface area (Å²) in [4.78, 5) is 32.6. The lowest BCUT2D eigenvalue weighted by molar-refractivity contribution is -0.162. The van der Waals surface area contributed by atoms with E-state index in [4.69, 9.17) is 10.2 Å². The summed E-state index contributed by atoms with van der Waals surface area (Å²) >= 11 is 0. The number of carboxylic acid groups (broad SMARTS) is 2. The summed E-state index contributed by atoms with van der Waals surface area (Å²) in [6.07, 6.45) is 0.823. The van der Waals surface area contributed by atoms with Crippen LogP contribution in [0.25, 0.3) is 0 Å². The summed E-state index contributed by atoms with van der Waals surface area (Å²) in [7, 11) is 0. The van der Waals surface area contributed by atoms with Gasteiger partial charge in [0.15, 0.2) is 5.78 Å². The number of hydrogen-bond donors (Lipinski definition) is 2. The van der Waals surface area contributed by atoms with Crippen LogP contribution >= 0.6 is 0 Å². The molecule has 5 nitrogen and oxygen atoms in total. The predicted molar refractivity (Wildman–Crippen MR) is 47.7 cm³/mol. The van der Waals surface area contributed by atoms with Crippen LogP contribution in [-0.2, 0) is 14.4 Å². The summed E-state index contributed by atoms with van der Waals surface area (Å²) in [5, 5.41) is 17.5. The molecule has 0 saturated carbocycles. The molecule has 0 saturated heterocycles. The topological polar surface area (TPSA) is 91.7 Å². The Kier molecular flexibility index (Phi) is 3.56. The van der Waals surface area contributed by atoms with E-state index in [9.17, 15) is 14.4 Å². The maximum absolute atomic E-state index is 11.1. The number of carbonyl (C=O) groups excluding carboxylic acids is 1. The summed E-state index contributed by atoms with van der Waals surface area (Å²) in [6.45, 7) is 5.51. The molecule has 1 unspecified atom stereocenters. The zero-order chi connectivity index (χ0) is 11.5. The van der Waals surface area contributed by atoms with Crippen molar-refractivity contribution in [3.8, 4) is 0 Å². The van der Waals surface area contributed by atoms with Crippen molar-refractivity contribution in [3.63, 3.8) is 0 Å². The summed E-state index contributed by atoms with van der Waals surface area (Å²) < 4.78 is 0. The van der Waals surface area contributed by atoms with Crippen molar-refractivity contribution in [2.24, 2.45) is 11.3 Å². The average Bonchev–Trinajstić information content (AvgIpc) is 2.02. The van der Waals surface area contributed by atoms with Gasteiger partial charge in [-0.2, -0.15) is 0 Å². The average molecular weight is 200 g/mol. The van der Waals surface area contributed by atoms with Crippen LogP contribution in [0.4, 0.5) is 0 Å². The Morgan fingerprint density at radius 1 is 1.29 bits per heavy atom. The number of carbonyl (C=O) groups is 3. The Bertz CT molecular complexity index is 290. The number of carboxylic acids is 2. The largest absolute Gasteiger partial charge is 0.481 e. The van der Waals surface area contributed by atoms with Gasteiger partial charge < -0.3 is 10.2 Å². The lowest BCUT2D eigenvalue weighted by Gasteiger charge is -2.24. The fraction of sp³-hybridized carbons (Fsp3) is 0.444. The molecule has 0 spiro atoms. The van der Waals surface area contributed by atoms with Gasteiger partial charge in [0.25, 0.3) is 0 Å². The van der Waals surface area contributed by atoms with Gasteiger partial charge in [0, 0.05) is 0 Å². The molecule has 1 atom stereocenters. The molecular weight excluding hydrogens is 188 g/mol. The molecule has 0 aromatic heterocycles. The summed E-state index contributed by atoms with van der Waals surface area (Å²) in [5.41, 5.74) is -1.64. The van der Waals surface area contributed by atoms with Crippen LogP contribution < -0.4 is 0 Å². The minimum atomic E-state index is -1.64. The third kappa shape index (κ3) is 2.18. The van der Waals surface area contributed by atoms with Crippen molar-refractivity contribution in [2.45, 2.75) is 13.8 Å². The van der Waals surface area contributed by atoms with Crippen LogP contribution in [0.5, 0.6) is 0 Å². The van der Waals surface area contributed by atoms with E-state index >= 15 is 0 Å². The molecule has 0 aromatic carbocycles. The second-order valence-electron chi connectivity index (χ2n) is 3.40. The predicted octanol–water partition coefficient (Wildman–Crippen LogP) is 0.553. The van der Waals surface area contributed by atoms with Crippen molar-refractivity contribution in [1.29, 1.82) is 0 Å². The number of rotatable bonds is 5. The number of allylic oxidation sites excluding steroid dienone is 1. The molecule has 0 aliphatic carbocycles. The number of hydrogen-bond acceptors (Lipinski definition) is 3. The minimum absolute atomic E-state index is 0.801. The van der Waals surface area contributed by atoms with E-state index in [1.54, 1.807) is 0 Å².